The van der Waals surface area contributed by atoms with Crippen LogP contribution in [0.1, 0.15) is 62.5 Å². The molecular weight excluding hydrogens is 436 g/mol. The Balaban J connectivity index is 0.976. The molecule has 4 saturated carbocycles. The van der Waals surface area contributed by atoms with Gasteiger partial charge in [0.05, 0.1) is 0 Å². The lowest BCUT2D eigenvalue weighted by Gasteiger charge is -2.57. The average Bonchev–Trinajstić information content (AvgIpc) is 2.84. The number of amides is 2. The largest absolute Gasteiger partial charge is 0.381 e. The second-order valence-electron chi connectivity index (χ2n) is 11.4. The zero-order valence-electron chi connectivity index (χ0n) is 20.3. The van der Waals surface area contributed by atoms with Crippen molar-refractivity contribution in [2.45, 2.75) is 76.0 Å². The fourth-order valence-corrected chi connectivity index (χ4v) is 7.31. The van der Waals surface area contributed by atoms with E-state index in [9.17, 15) is 9.59 Å². The lowest BCUT2D eigenvalue weighted by molar-refractivity contribution is -0.133. The van der Waals surface area contributed by atoms with Crippen LogP contribution in [-0.2, 0) is 22.7 Å². The summed E-state index contributed by atoms with van der Waals surface area (Å²) in [5.41, 5.74) is 4.95. The summed E-state index contributed by atoms with van der Waals surface area (Å²) in [6, 6.07) is 16.6. The molecule has 1 atom stereocenters. The van der Waals surface area contributed by atoms with E-state index in [2.05, 4.69) is 45.5 Å². The van der Waals surface area contributed by atoms with Crippen LogP contribution in [0.25, 0.3) is 0 Å². The van der Waals surface area contributed by atoms with Gasteiger partial charge in [0.1, 0.15) is 6.04 Å². The molecule has 4 N–H and O–H groups in total. The van der Waals surface area contributed by atoms with Crippen molar-refractivity contribution in [1.82, 2.24) is 10.6 Å². The Hall–Kier alpha value is -2.86. The molecule has 6 nitrogen and oxygen atoms in total. The Bertz CT molecular complexity index is 1040. The smallest absolute Gasteiger partial charge is 0.249 e. The van der Waals surface area contributed by atoms with Gasteiger partial charge in [-0.3, -0.25) is 14.9 Å². The minimum Gasteiger partial charge on any atom is -0.381 e. The first-order chi connectivity index (χ1) is 17.0. The molecule has 0 spiro atoms. The van der Waals surface area contributed by atoms with Crippen molar-refractivity contribution >= 4 is 23.2 Å². The third-order valence-corrected chi connectivity index (χ3v) is 8.69. The number of anilines is 2. The minimum atomic E-state index is -0.359. The van der Waals surface area contributed by atoms with Crippen LogP contribution >= 0.6 is 0 Å². The number of piperidine rings is 1. The van der Waals surface area contributed by atoms with E-state index in [0.29, 0.717) is 18.4 Å². The molecule has 184 valence electrons. The summed E-state index contributed by atoms with van der Waals surface area (Å²) in [5.74, 6) is 2.48. The molecule has 5 aliphatic rings. The Labute approximate surface area is 207 Å². The molecule has 1 saturated heterocycles. The van der Waals surface area contributed by atoms with Crippen molar-refractivity contribution in [1.29, 1.82) is 0 Å². The standard InChI is InChI=1S/C29H36N4O2/c34-27-10-9-26(28(35)33-27)32-25-7-5-24(6-8-25)30-17-19-1-3-20(4-2-19)18-31-29-14-21-11-22(15-29)13-23(12-21)16-29/h1-8,21-23,26,30-32H,9-18H2,(H,33,34,35). The number of hydrogen-bond acceptors (Lipinski definition) is 5. The van der Waals surface area contributed by atoms with Gasteiger partial charge in [-0.1, -0.05) is 24.3 Å². The lowest BCUT2D eigenvalue weighted by atomic mass is 9.53. The number of nitrogens with one attached hydrogen (secondary N) is 4. The molecule has 4 bridgehead atoms. The van der Waals surface area contributed by atoms with Crippen LogP contribution in [0.2, 0.25) is 0 Å². The van der Waals surface area contributed by atoms with Crippen LogP contribution in [0.4, 0.5) is 11.4 Å². The molecule has 2 amide bonds. The Kier molecular flexibility index (Phi) is 6.01. The number of carbonyl (C=O) groups excluding carboxylic acids is 2. The van der Waals surface area contributed by atoms with Gasteiger partial charge in [0, 0.05) is 36.4 Å². The average molecular weight is 473 g/mol. The molecule has 0 radical (unpaired) electrons. The summed E-state index contributed by atoms with van der Waals surface area (Å²) in [7, 11) is 0. The third kappa shape index (κ3) is 5.08. The molecule has 1 unspecified atom stereocenters. The number of hydrogen-bond donors (Lipinski definition) is 4. The highest BCUT2D eigenvalue weighted by Crippen LogP contribution is 2.55. The highest BCUT2D eigenvalue weighted by molar-refractivity contribution is 6.01. The molecule has 6 heteroatoms. The molecule has 1 heterocycles. The summed E-state index contributed by atoms with van der Waals surface area (Å²) in [6.45, 7) is 1.74. The Morgan fingerprint density at radius 2 is 1.34 bits per heavy atom. The number of imide groups is 1. The van der Waals surface area contributed by atoms with Gasteiger partial charge in [0.2, 0.25) is 11.8 Å². The molecule has 7 rings (SSSR count). The van der Waals surface area contributed by atoms with Crippen molar-refractivity contribution < 1.29 is 9.59 Å². The monoisotopic (exact) mass is 472 g/mol. The van der Waals surface area contributed by atoms with Crippen molar-refractivity contribution in [2.24, 2.45) is 17.8 Å². The zero-order chi connectivity index (χ0) is 23.8. The molecule has 0 aromatic heterocycles. The highest BCUT2D eigenvalue weighted by atomic mass is 16.2. The Morgan fingerprint density at radius 3 is 1.94 bits per heavy atom. The van der Waals surface area contributed by atoms with Crippen molar-refractivity contribution in [3.63, 3.8) is 0 Å². The van der Waals surface area contributed by atoms with Crippen LogP contribution in [0.3, 0.4) is 0 Å². The summed E-state index contributed by atoms with van der Waals surface area (Å²) >= 11 is 0. The van der Waals surface area contributed by atoms with Gasteiger partial charge in [-0.05, 0) is 98.1 Å². The molecule has 2 aromatic rings. The molecule has 35 heavy (non-hydrogen) atoms. The van der Waals surface area contributed by atoms with Crippen molar-refractivity contribution in [3.05, 3.63) is 59.7 Å². The van der Waals surface area contributed by atoms with E-state index in [0.717, 1.165) is 42.2 Å². The van der Waals surface area contributed by atoms with E-state index >= 15 is 0 Å². The fraction of sp³-hybridized carbons (Fsp3) is 0.517. The van der Waals surface area contributed by atoms with Crippen LogP contribution in [0.5, 0.6) is 0 Å². The second-order valence-corrected chi connectivity index (χ2v) is 11.4. The normalized spacial score (nSPS) is 31.3. The fourth-order valence-electron chi connectivity index (χ4n) is 7.31. The van der Waals surface area contributed by atoms with Crippen molar-refractivity contribution in [2.75, 3.05) is 10.6 Å². The van der Waals surface area contributed by atoms with Gasteiger partial charge >= 0.3 is 0 Å². The maximum absolute atomic E-state index is 11.9. The first-order valence-electron chi connectivity index (χ1n) is 13.3. The van der Waals surface area contributed by atoms with Gasteiger partial charge < -0.3 is 16.0 Å². The van der Waals surface area contributed by atoms with E-state index < -0.39 is 0 Å². The van der Waals surface area contributed by atoms with Crippen LogP contribution in [0, 0.1) is 17.8 Å². The third-order valence-electron chi connectivity index (χ3n) is 8.69. The lowest BCUT2D eigenvalue weighted by Crippen LogP contribution is -2.58. The second kappa shape index (κ2) is 9.30. The molecular formula is C29H36N4O2. The SMILES string of the molecule is O=C1CCC(Nc2ccc(NCc3ccc(CNC45CC6CC(CC(C6)C4)C5)cc3)cc2)C(=O)N1. The van der Waals surface area contributed by atoms with Gasteiger partial charge in [0.15, 0.2) is 0 Å². The van der Waals surface area contributed by atoms with Gasteiger partial charge in [-0.15, -0.1) is 0 Å². The summed E-state index contributed by atoms with van der Waals surface area (Å²) in [5, 5.41) is 13.1. The summed E-state index contributed by atoms with van der Waals surface area (Å²) in [6.07, 6.45) is 9.54. The zero-order valence-corrected chi connectivity index (χ0v) is 20.3. The van der Waals surface area contributed by atoms with E-state index in [1.54, 1.807) is 0 Å². The molecule has 1 aliphatic heterocycles. The molecule has 2 aromatic carbocycles. The molecule has 4 aliphatic carbocycles. The minimum absolute atomic E-state index is 0.195. The first-order valence-corrected chi connectivity index (χ1v) is 13.3. The van der Waals surface area contributed by atoms with Crippen LogP contribution < -0.4 is 21.3 Å². The highest BCUT2D eigenvalue weighted by Gasteiger charge is 2.50. The predicted octanol–water partition coefficient (Wildman–Crippen LogP) is 4.57. The number of rotatable bonds is 8. The van der Waals surface area contributed by atoms with Gasteiger partial charge in [0.25, 0.3) is 0 Å². The molecule has 5 fully saturated rings. The van der Waals surface area contributed by atoms with Crippen LogP contribution in [-0.4, -0.2) is 23.4 Å². The predicted molar refractivity (Wildman–Crippen MR) is 138 cm³/mol. The van der Waals surface area contributed by atoms with E-state index in [1.165, 1.54) is 49.7 Å². The van der Waals surface area contributed by atoms with E-state index in [1.807, 2.05) is 24.3 Å². The quantitative estimate of drug-likeness (QED) is 0.423. The number of carbonyl (C=O) groups is 2. The number of benzene rings is 2. The van der Waals surface area contributed by atoms with E-state index in [4.69, 9.17) is 0 Å². The van der Waals surface area contributed by atoms with Crippen molar-refractivity contribution in [3.8, 4) is 0 Å². The topological polar surface area (TPSA) is 82.3 Å². The summed E-state index contributed by atoms with van der Waals surface area (Å²) < 4.78 is 0. The first kappa shape index (κ1) is 22.6. The van der Waals surface area contributed by atoms with Gasteiger partial charge in [-0.2, -0.15) is 0 Å². The summed E-state index contributed by atoms with van der Waals surface area (Å²) in [4.78, 5) is 23.2. The maximum Gasteiger partial charge on any atom is 0.249 e. The van der Waals surface area contributed by atoms with E-state index in [-0.39, 0.29) is 17.9 Å². The maximum atomic E-state index is 11.9. The Morgan fingerprint density at radius 1 is 0.771 bits per heavy atom. The van der Waals surface area contributed by atoms with Gasteiger partial charge in [-0.25, -0.2) is 0 Å². The van der Waals surface area contributed by atoms with Crippen LogP contribution in [0.15, 0.2) is 48.5 Å².